The van der Waals surface area contributed by atoms with Crippen LogP contribution in [0.2, 0.25) is 5.02 Å². The van der Waals surface area contributed by atoms with Gasteiger partial charge in [0.05, 0.1) is 11.3 Å². The Bertz CT molecular complexity index is 467. The molecule has 2 rings (SSSR count). The van der Waals surface area contributed by atoms with E-state index in [1.165, 1.54) is 0 Å². The van der Waals surface area contributed by atoms with Crippen LogP contribution in [-0.4, -0.2) is 30.6 Å². The third-order valence-corrected chi connectivity index (χ3v) is 3.91. The summed E-state index contributed by atoms with van der Waals surface area (Å²) in [7, 11) is 2.15. The molecule has 1 aromatic rings. The number of likely N-dealkylation sites (tertiary alicyclic amines) is 1. The first-order valence-corrected chi connectivity index (χ1v) is 6.64. The molecule has 0 aromatic heterocycles. The van der Waals surface area contributed by atoms with Crippen LogP contribution in [-0.2, 0) is 0 Å². The van der Waals surface area contributed by atoms with Crippen molar-refractivity contribution in [3.05, 3.63) is 28.8 Å². The minimum Gasteiger partial charge on any atom is -0.381 e. The molecule has 0 aliphatic carbocycles. The number of rotatable bonds is 2. The molecule has 3 nitrogen and oxygen atoms in total. The molecule has 1 heterocycles. The largest absolute Gasteiger partial charge is 0.381 e. The van der Waals surface area contributed by atoms with Gasteiger partial charge in [-0.15, -0.1) is 0 Å². The molecule has 2 unspecified atom stereocenters. The second-order valence-corrected chi connectivity index (χ2v) is 5.43. The Morgan fingerprint density at radius 2 is 2.28 bits per heavy atom. The lowest BCUT2D eigenvalue weighted by atomic mass is 9.98. The summed E-state index contributed by atoms with van der Waals surface area (Å²) in [6, 6.07) is 8.55. The molecule has 0 radical (unpaired) electrons. The van der Waals surface area contributed by atoms with E-state index in [1.807, 2.05) is 6.07 Å². The molecule has 1 aliphatic heterocycles. The molecular formula is C14H18ClN3. The molecule has 96 valence electrons. The lowest BCUT2D eigenvalue weighted by Gasteiger charge is -2.35. The van der Waals surface area contributed by atoms with Crippen molar-refractivity contribution in [2.45, 2.75) is 31.8 Å². The number of halogens is 1. The predicted octanol–water partition coefficient (Wildman–Crippen LogP) is 3.11. The van der Waals surface area contributed by atoms with Gasteiger partial charge in [0.1, 0.15) is 6.07 Å². The van der Waals surface area contributed by atoms with Crippen molar-refractivity contribution in [3.63, 3.8) is 0 Å². The Balaban J connectivity index is 2.10. The van der Waals surface area contributed by atoms with Gasteiger partial charge in [0, 0.05) is 23.7 Å². The molecule has 2 atom stereocenters. The number of nitrogens with one attached hydrogen (secondary N) is 1. The molecule has 1 saturated heterocycles. The number of hydrogen-bond donors (Lipinski definition) is 1. The summed E-state index contributed by atoms with van der Waals surface area (Å²) in [5.41, 5.74) is 1.51. The summed E-state index contributed by atoms with van der Waals surface area (Å²) in [6.45, 7) is 3.32. The molecule has 1 aromatic carbocycles. The summed E-state index contributed by atoms with van der Waals surface area (Å²) in [4.78, 5) is 2.36. The van der Waals surface area contributed by atoms with Crippen molar-refractivity contribution >= 4 is 17.3 Å². The number of benzene rings is 1. The van der Waals surface area contributed by atoms with Gasteiger partial charge < -0.3 is 10.2 Å². The zero-order chi connectivity index (χ0) is 13.1. The van der Waals surface area contributed by atoms with Crippen LogP contribution in [0.25, 0.3) is 0 Å². The highest BCUT2D eigenvalue weighted by Gasteiger charge is 2.23. The van der Waals surface area contributed by atoms with Crippen LogP contribution in [0.4, 0.5) is 5.69 Å². The van der Waals surface area contributed by atoms with E-state index in [4.69, 9.17) is 16.9 Å². The van der Waals surface area contributed by atoms with Crippen LogP contribution in [0.3, 0.4) is 0 Å². The van der Waals surface area contributed by atoms with Crippen molar-refractivity contribution in [1.29, 1.82) is 5.26 Å². The normalized spacial score (nSPS) is 24.6. The van der Waals surface area contributed by atoms with Gasteiger partial charge in [0.2, 0.25) is 0 Å². The third-order valence-electron chi connectivity index (χ3n) is 3.67. The quantitative estimate of drug-likeness (QED) is 0.891. The number of hydrogen-bond acceptors (Lipinski definition) is 3. The predicted molar refractivity (Wildman–Crippen MR) is 74.9 cm³/mol. The van der Waals surface area contributed by atoms with E-state index in [1.54, 1.807) is 12.1 Å². The van der Waals surface area contributed by atoms with Crippen LogP contribution in [0.5, 0.6) is 0 Å². The molecule has 1 fully saturated rings. The minimum atomic E-state index is 0.418. The maximum absolute atomic E-state index is 9.09. The number of nitrogens with zero attached hydrogens (tertiary/aromatic N) is 2. The summed E-state index contributed by atoms with van der Waals surface area (Å²) < 4.78 is 0. The van der Waals surface area contributed by atoms with Crippen LogP contribution >= 0.6 is 11.6 Å². The standard InChI is InChI=1S/C14H18ClN3/c1-10-7-13(5-6-18(10)2)17-14-8-12(15)4-3-11(14)9-16/h3-4,8,10,13,17H,5-7H2,1-2H3. The van der Waals surface area contributed by atoms with Gasteiger partial charge in [-0.3, -0.25) is 0 Å². The smallest absolute Gasteiger partial charge is 0.101 e. The van der Waals surface area contributed by atoms with E-state index in [2.05, 4.69) is 30.3 Å². The maximum atomic E-state index is 9.09. The van der Waals surface area contributed by atoms with Gasteiger partial charge in [0.15, 0.2) is 0 Å². The summed E-state index contributed by atoms with van der Waals surface area (Å²) in [5.74, 6) is 0. The highest BCUT2D eigenvalue weighted by Crippen LogP contribution is 2.24. The zero-order valence-electron chi connectivity index (χ0n) is 10.8. The fourth-order valence-corrected chi connectivity index (χ4v) is 2.55. The average Bonchev–Trinajstić information content (AvgIpc) is 2.34. The lowest BCUT2D eigenvalue weighted by Crippen LogP contribution is -2.42. The molecule has 0 spiro atoms. The molecule has 4 heteroatoms. The summed E-state index contributed by atoms with van der Waals surface area (Å²) >= 11 is 5.99. The first-order valence-electron chi connectivity index (χ1n) is 6.26. The average molecular weight is 264 g/mol. The van der Waals surface area contributed by atoms with Crippen molar-refractivity contribution < 1.29 is 0 Å². The van der Waals surface area contributed by atoms with Crippen LogP contribution in [0.1, 0.15) is 25.3 Å². The van der Waals surface area contributed by atoms with Crippen molar-refractivity contribution in [2.75, 3.05) is 18.9 Å². The Labute approximate surface area is 113 Å². The van der Waals surface area contributed by atoms with Gasteiger partial charge in [-0.1, -0.05) is 11.6 Å². The van der Waals surface area contributed by atoms with E-state index in [0.29, 0.717) is 22.7 Å². The van der Waals surface area contributed by atoms with E-state index >= 15 is 0 Å². The molecule has 18 heavy (non-hydrogen) atoms. The van der Waals surface area contributed by atoms with Gasteiger partial charge in [-0.2, -0.15) is 5.26 Å². The van der Waals surface area contributed by atoms with Gasteiger partial charge in [0.25, 0.3) is 0 Å². The van der Waals surface area contributed by atoms with Gasteiger partial charge in [-0.05, 0) is 45.0 Å². The molecule has 1 N–H and O–H groups in total. The van der Waals surface area contributed by atoms with Crippen LogP contribution in [0.15, 0.2) is 18.2 Å². The van der Waals surface area contributed by atoms with Crippen LogP contribution in [0, 0.1) is 11.3 Å². The Hall–Kier alpha value is -1.24. The number of piperidine rings is 1. The molecular weight excluding hydrogens is 246 g/mol. The van der Waals surface area contributed by atoms with Crippen molar-refractivity contribution in [1.82, 2.24) is 4.90 Å². The lowest BCUT2D eigenvalue weighted by molar-refractivity contribution is 0.190. The third kappa shape index (κ3) is 2.95. The second-order valence-electron chi connectivity index (χ2n) is 5.00. The van der Waals surface area contributed by atoms with Crippen LogP contribution < -0.4 is 5.32 Å². The van der Waals surface area contributed by atoms with Crippen molar-refractivity contribution in [3.8, 4) is 6.07 Å². The Kier molecular flexibility index (Phi) is 4.11. The summed E-state index contributed by atoms with van der Waals surface area (Å²) in [6.07, 6.45) is 2.19. The van der Waals surface area contributed by atoms with E-state index in [-0.39, 0.29) is 0 Å². The minimum absolute atomic E-state index is 0.418. The first kappa shape index (κ1) is 13.2. The molecule has 0 bridgehead atoms. The molecule has 0 amide bonds. The summed E-state index contributed by atoms with van der Waals surface area (Å²) in [5, 5.41) is 13.2. The van der Waals surface area contributed by atoms with E-state index < -0.39 is 0 Å². The fourth-order valence-electron chi connectivity index (χ4n) is 2.37. The zero-order valence-corrected chi connectivity index (χ0v) is 11.5. The van der Waals surface area contributed by atoms with E-state index in [0.717, 1.165) is 25.1 Å². The maximum Gasteiger partial charge on any atom is 0.101 e. The van der Waals surface area contributed by atoms with E-state index in [9.17, 15) is 0 Å². The van der Waals surface area contributed by atoms with Gasteiger partial charge >= 0.3 is 0 Å². The molecule has 0 saturated carbocycles. The molecule has 1 aliphatic rings. The number of anilines is 1. The van der Waals surface area contributed by atoms with Crippen molar-refractivity contribution in [2.24, 2.45) is 0 Å². The Morgan fingerprint density at radius 3 is 2.94 bits per heavy atom. The highest BCUT2D eigenvalue weighted by atomic mass is 35.5. The monoisotopic (exact) mass is 263 g/mol. The highest BCUT2D eigenvalue weighted by molar-refractivity contribution is 6.30. The topological polar surface area (TPSA) is 39.1 Å². The first-order chi connectivity index (χ1) is 8.60. The SMILES string of the molecule is CC1CC(Nc2cc(Cl)ccc2C#N)CCN1C. The Morgan fingerprint density at radius 1 is 1.50 bits per heavy atom. The van der Waals surface area contributed by atoms with Gasteiger partial charge in [-0.25, -0.2) is 0 Å². The second kappa shape index (κ2) is 5.60. The number of nitriles is 1. The fraction of sp³-hybridized carbons (Fsp3) is 0.500.